The molecule has 0 aromatic heterocycles. The third-order valence-corrected chi connectivity index (χ3v) is 9.29. The topological polar surface area (TPSA) is 84.9 Å². The van der Waals surface area contributed by atoms with E-state index >= 15 is 0 Å². The number of benzene rings is 4. The van der Waals surface area contributed by atoms with Gasteiger partial charge in [0.1, 0.15) is 36.1 Å². The summed E-state index contributed by atoms with van der Waals surface area (Å²) in [4.78, 5) is 16.1. The Morgan fingerprint density at radius 1 is 0.698 bits per heavy atom. The maximum atomic E-state index is 14.4. The second-order valence-corrected chi connectivity index (χ2v) is 15.1. The summed E-state index contributed by atoms with van der Waals surface area (Å²) in [7, 11) is 0. The molecule has 0 saturated carbocycles. The number of ether oxygens (including phenoxy) is 7. The fraction of sp³-hybridized carbons (Fsp3) is 0.432. The van der Waals surface area contributed by atoms with Crippen molar-refractivity contribution in [3.63, 3.8) is 0 Å². The van der Waals surface area contributed by atoms with Gasteiger partial charge in [0.2, 0.25) is 0 Å². The van der Waals surface area contributed by atoms with E-state index in [4.69, 9.17) is 33.2 Å². The average molecular weight is 724 g/mol. The summed E-state index contributed by atoms with van der Waals surface area (Å²) in [6.07, 6.45) is -3.61. The van der Waals surface area contributed by atoms with Gasteiger partial charge < -0.3 is 33.2 Å². The van der Waals surface area contributed by atoms with E-state index in [0.29, 0.717) is 19.8 Å². The lowest BCUT2D eigenvalue weighted by molar-refractivity contribution is -0.195. The molecule has 6 rings (SSSR count). The fourth-order valence-corrected chi connectivity index (χ4v) is 6.81. The van der Waals surface area contributed by atoms with Gasteiger partial charge in [0.15, 0.2) is 5.79 Å². The number of likely N-dealkylation sites (tertiary alicyclic amines) is 1. The Morgan fingerprint density at radius 3 is 1.60 bits per heavy atom. The standard InChI is InChI=1S/C44H53NO8/c1-43(2,3)53-42(46)45-26-36(47-27-32-18-10-6-11-19-32)39(48-28-33-20-12-7-13-21-33)38(45)41(50-30-35-24-16-9-17-25-35)40(37-31-51-44(4,5)52-37)49-29-34-22-14-8-15-23-34/h6-25,36-41H,26-31H2,1-5H3/t36-,37+,38-,39-,40-,41-/m1/s1. The number of rotatable bonds is 15. The van der Waals surface area contributed by atoms with Crippen LogP contribution in [0.15, 0.2) is 121 Å². The number of nitrogens with zero attached hydrogens (tertiary/aromatic N) is 1. The molecule has 2 aliphatic rings. The van der Waals surface area contributed by atoms with Crippen molar-refractivity contribution in [2.24, 2.45) is 0 Å². The average Bonchev–Trinajstić information content (AvgIpc) is 3.71. The Hall–Kier alpha value is -4.09. The van der Waals surface area contributed by atoms with E-state index in [-0.39, 0.29) is 19.8 Å². The lowest BCUT2D eigenvalue weighted by Gasteiger charge is -2.40. The summed E-state index contributed by atoms with van der Waals surface area (Å²) < 4.78 is 46.2. The molecule has 2 saturated heterocycles. The van der Waals surface area contributed by atoms with Gasteiger partial charge in [-0.15, -0.1) is 0 Å². The quantitative estimate of drug-likeness (QED) is 0.122. The minimum atomic E-state index is -0.839. The van der Waals surface area contributed by atoms with E-state index in [1.165, 1.54) is 0 Å². The summed E-state index contributed by atoms with van der Waals surface area (Å²) in [6, 6.07) is 39.3. The second-order valence-electron chi connectivity index (χ2n) is 15.1. The van der Waals surface area contributed by atoms with Crippen LogP contribution in [-0.4, -0.2) is 72.1 Å². The zero-order valence-electron chi connectivity index (χ0n) is 31.5. The van der Waals surface area contributed by atoms with Gasteiger partial charge in [-0.25, -0.2) is 4.79 Å². The van der Waals surface area contributed by atoms with Crippen molar-refractivity contribution in [1.82, 2.24) is 4.90 Å². The van der Waals surface area contributed by atoms with Crippen LogP contribution in [0, 0.1) is 0 Å². The van der Waals surface area contributed by atoms with Crippen LogP contribution in [0.25, 0.3) is 0 Å². The van der Waals surface area contributed by atoms with Gasteiger partial charge in [0.25, 0.3) is 0 Å². The Morgan fingerprint density at radius 2 is 1.15 bits per heavy atom. The first-order valence-electron chi connectivity index (χ1n) is 18.5. The van der Waals surface area contributed by atoms with E-state index in [9.17, 15) is 4.79 Å². The number of hydrogen-bond donors (Lipinski definition) is 0. The molecule has 2 fully saturated rings. The van der Waals surface area contributed by atoms with Crippen LogP contribution in [-0.2, 0) is 59.6 Å². The highest BCUT2D eigenvalue weighted by Crippen LogP contribution is 2.37. The lowest BCUT2D eigenvalue weighted by Crippen LogP contribution is -2.58. The molecule has 0 radical (unpaired) electrons. The molecule has 9 nitrogen and oxygen atoms in total. The second kappa shape index (κ2) is 17.8. The predicted molar refractivity (Wildman–Crippen MR) is 202 cm³/mol. The molecule has 0 aliphatic carbocycles. The molecular formula is C44H53NO8. The van der Waals surface area contributed by atoms with Crippen LogP contribution >= 0.6 is 0 Å². The van der Waals surface area contributed by atoms with Gasteiger partial charge in [-0.05, 0) is 56.9 Å². The monoisotopic (exact) mass is 723 g/mol. The first kappa shape index (κ1) is 38.6. The smallest absolute Gasteiger partial charge is 0.410 e. The van der Waals surface area contributed by atoms with Crippen molar-refractivity contribution in [1.29, 1.82) is 0 Å². The largest absolute Gasteiger partial charge is 0.444 e. The molecular weight excluding hydrogens is 670 g/mol. The predicted octanol–water partition coefficient (Wildman–Crippen LogP) is 8.10. The number of carbonyl (C=O) groups is 1. The molecule has 0 unspecified atom stereocenters. The van der Waals surface area contributed by atoms with Gasteiger partial charge >= 0.3 is 6.09 Å². The molecule has 2 aliphatic heterocycles. The van der Waals surface area contributed by atoms with Gasteiger partial charge in [-0.3, -0.25) is 4.90 Å². The highest BCUT2D eigenvalue weighted by Gasteiger charge is 2.55. The zero-order chi connectivity index (χ0) is 37.3. The zero-order valence-corrected chi connectivity index (χ0v) is 31.5. The molecule has 282 valence electrons. The van der Waals surface area contributed by atoms with Gasteiger partial charge in [0.05, 0.1) is 45.6 Å². The van der Waals surface area contributed by atoms with Crippen LogP contribution in [0.2, 0.25) is 0 Å². The minimum absolute atomic E-state index is 0.218. The molecule has 0 N–H and O–H groups in total. The van der Waals surface area contributed by atoms with E-state index in [1.807, 2.05) is 156 Å². The highest BCUT2D eigenvalue weighted by atomic mass is 16.8. The molecule has 2 heterocycles. The number of amides is 1. The van der Waals surface area contributed by atoms with Crippen LogP contribution in [0.5, 0.6) is 0 Å². The first-order valence-corrected chi connectivity index (χ1v) is 18.5. The summed E-state index contributed by atoms with van der Waals surface area (Å²) in [5.41, 5.74) is 3.23. The summed E-state index contributed by atoms with van der Waals surface area (Å²) in [5, 5.41) is 0. The van der Waals surface area contributed by atoms with E-state index in [0.717, 1.165) is 22.3 Å². The van der Waals surface area contributed by atoms with Crippen molar-refractivity contribution in [3.05, 3.63) is 144 Å². The Labute approximate surface area is 314 Å². The van der Waals surface area contributed by atoms with Crippen molar-refractivity contribution in [2.45, 2.75) is 109 Å². The highest BCUT2D eigenvalue weighted by molar-refractivity contribution is 5.69. The Bertz CT molecular complexity index is 1680. The molecule has 1 amide bonds. The van der Waals surface area contributed by atoms with E-state index in [1.54, 1.807) is 4.90 Å². The van der Waals surface area contributed by atoms with Crippen molar-refractivity contribution < 1.29 is 38.0 Å². The third kappa shape index (κ3) is 11.0. The summed E-state index contributed by atoms with van der Waals surface area (Å²) >= 11 is 0. The van der Waals surface area contributed by atoms with Crippen LogP contribution in [0.1, 0.15) is 56.9 Å². The number of hydrogen-bond acceptors (Lipinski definition) is 8. The van der Waals surface area contributed by atoms with Gasteiger partial charge in [-0.2, -0.15) is 0 Å². The fourth-order valence-electron chi connectivity index (χ4n) is 6.81. The van der Waals surface area contributed by atoms with Crippen molar-refractivity contribution in [2.75, 3.05) is 13.2 Å². The maximum Gasteiger partial charge on any atom is 0.410 e. The van der Waals surface area contributed by atoms with Crippen molar-refractivity contribution in [3.8, 4) is 0 Å². The summed E-state index contributed by atoms with van der Waals surface area (Å²) in [5.74, 6) is -0.839. The molecule has 53 heavy (non-hydrogen) atoms. The molecule has 6 atom stereocenters. The van der Waals surface area contributed by atoms with E-state index in [2.05, 4.69) is 0 Å². The molecule has 0 spiro atoms. The minimum Gasteiger partial charge on any atom is -0.444 e. The Balaban J connectivity index is 1.42. The Kier molecular flexibility index (Phi) is 13.0. The van der Waals surface area contributed by atoms with E-state index < -0.39 is 54.0 Å². The molecule has 4 aromatic carbocycles. The molecule has 9 heteroatoms. The maximum absolute atomic E-state index is 14.4. The SMILES string of the molecule is CC(C)(C)OC(=O)N1C[C@@H](OCc2ccccc2)[C@@H](OCc2ccccc2)[C@@H]1[C@@H](OCc1ccccc1)[C@H](OCc1ccccc1)[C@@H]1COC(C)(C)O1. The van der Waals surface area contributed by atoms with Gasteiger partial charge in [-0.1, -0.05) is 121 Å². The van der Waals surface area contributed by atoms with Crippen LogP contribution in [0.4, 0.5) is 4.79 Å². The van der Waals surface area contributed by atoms with Crippen LogP contribution < -0.4 is 0 Å². The lowest BCUT2D eigenvalue weighted by atomic mass is 9.95. The van der Waals surface area contributed by atoms with Gasteiger partial charge in [0, 0.05) is 0 Å². The van der Waals surface area contributed by atoms with Crippen LogP contribution in [0.3, 0.4) is 0 Å². The molecule has 4 aromatic rings. The summed E-state index contributed by atoms with van der Waals surface area (Å²) in [6.45, 7) is 11.1. The third-order valence-electron chi connectivity index (χ3n) is 9.29. The normalized spacial score (nSPS) is 22.4. The number of carbonyl (C=O) groups excluding carboxylic acids is 1. The van der Waals surface area contributed by atoms with Crippen molar-refractivity contribution >= 4 is 6.09 Å². The molecule has 0 bridgehead atoms. The first-order chi connectivity index (χ1) is 25.5.